The molecule has 26 heavy (non-hydrogen) atoms. The Morgan fingerprint density at radius 1 is 1.23 bits per heavy atom. The van der Waals surface area contributed by atoms with Crippen LogP contribution in [0.4, 0.5) is 0 Å². The minimum absolute atomic E-state index is 0.00762. The average molecular weight is 354 g/mol. The van der Waals surface area contributed by atoms with Gasteiger partial charge in [0.15, 0.2) is 17.3 Å². The molecule has 0 spiro atoms. The molecule has 0 bridgehead atoms. The van der Waals surface area contributed by atoms with Crippen molar-refractivity contribution in [3.05, 3.63) is 48.3 Å². The number of carbonyl (C=O) groups is 1. The Kier molecular flexibility index (Phi) is 4.26. The van der Waals surface area contributed by atoms with E-state index in [-0.39, 0.29) is 6.42 Å². The van der Waals surface area contributed by atoms with Gasteiger partial charge in [-0.05, 0) is 18.2 Å². The molecule has 134 valence electrons. The van der Waals surface area contributed by atoms with Gasteiger partial charge in [-0.3, -0.25) is 9.48 Å². The highest BCUT2D eigenvalue weighted by molar-refractivity contribution is 5.75. The maximum Gasteiger partial charge on any atom is 0.225 e. The molecule has 1 aliphatic heterocycles. The first-order valence-corrected chi connectivity index (χ1v) is 8.29. The number of aromatic nitrogens is 5. The van der Waals surface area contributed by atoms with E-state index in [0.717, 1.165) is 5.69 Å². The Balaban J connectivity index is 1.66. The van der Waals surface area contributed by atoms with Crippen molar-refractivity contribution >= 4 is 5.91 Å². The van der Waals surface area contributed by atoms with Crippen LogP contribution in [0.1, 0.15) is 11.6 Å². The van der Waals surface area contributed by atoms with Gasteiger partial charge in [-0.1, -0.05) is 0 Å². The van der Waals surface area contributed by atoms with Gasteiger partial charge in [0.05, 0.1) is 12.1 Å². The van der Waals surface area contributed by atoms with Crippen LogP contribution < -0.4 is 15.2 Å². The SMILES string of the molecule is NC(=O)Cc1nc(CCn2cccn2)n(-c2ccc3c(c2)OCCO3)n1. The minimum atomic E-state index is -0.469. The first-order chi connectivity index (χ1) is 12.7. The summed E-state index contributed by atoms with van der Waals surface area (Å²) in [5.74, 6) is 2.01. The topological polar surface area (TPSA) is 110 Å². The summed E-state index contributed by atoms with van der Waals surface area (Å²) in [6.45, 7) is 1.69. The normalized spacial score (nSPS) is 12.9. The number of rotatable bonds is 6. The van der Waals surface area contributed by atoms with Crippen LogP contribution in [0.15, 0.2) is 36.7 Å². The number of benzene rings is 1. The fourth-order valence-electron chi connectivity index (χ4n) is 2.80. The molecule has 1 amide bonds. The van der Waals surface area contributed by atoms with Gasteiger partial charge in [-0.25, -0.2) is 9.67 Å². The molecule has 0 saturated carbocycles. The minimum Gasteiger partial charge on any atom is -0.486 e. The number of fused-ring (bicyclic) bond motifs is 1. The third-order valence-corrected chi connectivity index (χ3v) is 3.94. The quantitative estimate of drug-likeness (QED) is 0.690. The highest BCUT2D eigenvalue weighted by atomic mass is 16.6. The zero-order valence-corrected chi connectivity index (χ0v) is 14.0. The number of amides is 1. The lowest BCUT2D eigenvalue weighted by atomic mass is 10.2. The van der Waals surface area contributed by atoms with Crippen molar-refractivity contribution in [3.63, 3.8) is 0 Å². The van der Waals surface area contributed by atoms with Crippen molar-refractivity contribution in [1.82, 2.24) is 24.5 Å². The fraction of sp³-hybridized carbons (Fsp3) is 0.294. The second kappa shape index (κ2) is 6.87. The van der Waals surface area contributed by atoms with E-state index in [9.17, 15) is 4.79 Å². The van der Waals surface area contributed by atoms with Crippen LogP contribution >= 0.6 is 0 Å². The number of hydrogen-bond acceptors (Lipinski definition) is 6. The second-order valence-corrected chi connectivity index (χ2v) is 5.85. The summed E-state index contributed by atoms with van der Waals surface area (Å²) in [5, 5.41) is 8.64. The van der Waals surface area contributed by atoms with Crippen molar-refractivity contribution in [2.45, 2.75) is 19.4 Å². The lowest BCUT2D eigenvalue weighted by molar-refractivity contribution is -0.117. The lowest BCUT2D eigenvalue weighted by Crippen LogP contribution is -2.16. The third kappa shape index (κ3) is 3.37. The first-order valence-electron chi connectivity index (χ1n) is 8.29. The lowest BCUT2D eigenvalue weighted by Gasteiger charge is -2.19. The Hall–Kier alpha value is -3.36. The van der Waals surface area contributed by atoms with E-state index in [0.29, 0.717) is 49.3 Å². The molecule has 9 heteroatoms. The Labute approximate surface area is 149 Å². The molecule has 3 aromatic rings. The van der Waals surface area contributed by atoms with Gasteiger partial charge >= 0.3 is 0 Å². The average Bonchev–Trinajstić information content (AvgIpc) is 3.28. The van der Waals surface area contributed by atoms with Gasteiger partial charge in [0.25, 0.3) is 0 Å². The summed E-state index contributed by atoms with van der Waals surface area (Å²) in [7, 11) is 0. The summed E-state index contributed by atoms with van der Waals surface area (Å²) in [5.41, 5.74) is 6.07. The Morgan fingerprint density at radius 2 is 2.08 bits per heavy atom. The van der Waals surface area contributed by atoms with Crippen LogP contribution in [0.3, 0.4) is 0 Å². The monoisotopic (exact) mass is 354 g/mol. The molecule has 3 heterocycles. The predicted molar refractivity (Wildman–Crippen MR) is 91.2 cm³/mol. The number of carbonyl (C=O) groups excluding carboxylic acids is 1. The third-order valence-electron chi connectivity index (χ3n) is 3.94. The van der Waals surface area contributed by atoms with Gasteiger partial charge in [-0.2, -0.15) is 10.2 Å². The van der Waals surface area contributed by atoms with Crippen LogP contribution in [-0.4, -0.2) is 43.7 Å². The van der Waals surface area contributed by atoms with Crippen LogP contribution in [0.25, 0.3) is 5.69 Å². The van der Waals surface area contributed by atoms with E-state index >= 15 is 0 Å². The highest BCUT2D eigenvalue weighted by Crippen LogP contribution is 2.32. The zero-order chi connectivity index (χ0) is 17.9. The number of ether oxygens (including phenoxy) is 2. The number of nitrogens with two attached hydrogens (primary N) is 1. The van der Waals surface area contributed by atoms with Gasteiger partial charge in [0, 0.05) is 31.4 Å². The predicted octanol–water partition coefficient (Wildman–Crippen LogP) is 0.505. The highest BCUT2D eigenvalue weighted by Gasteiger charge is 2.17. The van der Waals surface area contributed by atoms with Crippen LogP contribution in [-0.2, 0) is 24.2 Å². The molecule has 1 aromatic carbocycles. The van der Waals surface area contributed by atoms with Crippen molar-refractivity contribution < 1.29 is 14.3 Å². The number of hydrogen-bond donors (Lipinski definition) is 1. The van der Waals surface area contributed by atoms with E-state index in [2.05, 4.69) is 15.2 Å². The molecule has 9 nitrogen and oxygen atoms in total. The van der Waals surface area contributed by atoms with E-state index < -0.39 is 5.91 Å². The van der Waals surface area contributed by atoms with Crippen molar-refractivity contribution in [2.24, 2.45) is 5.73 Å². The summed E-state index contributed by atoms with van der Waals surface area (Å²) in [4.78, 5) is 15.7. The molecule has 0 unspecified atom stereocenters. The molecule has 4 rings (SSSR count). The summed E-state index contributed by atoms with van der Waals surface area (Å²) in [6.07, 6.45) is 4.20. The fourth-order valence-corrected chi connectivity index (χ4v) is 2.80. The molecule has 0 atom stereocenters. The standard InChI is InChI=1S/C17H18N6O3/c18-15(24)11-16-20-17(4-7-22-6-1-5-19-22)23(21-16)12-2-3-13-14(10-12)26-9-8-25-13/h1-3,5-6,10H,4,7-9,11H2,(H2,18,24). The number of nitrogens with zero attached hydrogens (tertiary/aromatic N) is 5. The molecule has 0 aliphatic carbocycles. The first kappa shape index (κ1) is 16.1. The molecule has 1 aliphatic rings. The van der Waals surface area contributed by atoms with E-state index in [1.54, 1.807) is 10.9 Å². The van der Waals surface area contributed by atoms with E-state index in [1.807, 2.05) is 35.1 Å². The van der Waals surface area contributed by atoms with Crippen LogP contribution in [0.5, 0.6) is 11.5 Å². The second-order valence-electron chi connectivity index (χ2n) is 5.85. The molecule has 0 saturated heterocycles. The largest absolute Gasteiger partial charge is 0.486 e. The maximum absolute atomic E-state index is 11.2. The smallest absolute Gasteiger partial charge is 0.225 e. The summed E-state index contributed by atoms with van der Waals surface area (Å²) in [6, 6.07) is 7.45. The summed E-state index contributed by atoms with van der Waals surface area (Å²) < 4.78 is 14.7. The molecule has 2 N–H and O–H groups in total. The molecular formula is C17H18N6O3. The van der Waals surface area contributed by atoms with Crippen molar-refractivity contribution in [3.8, 4) is 17.2 Å². The van der Waals surface area contributed by atoms with Crippen molar-refractivity contribution in [2.75, 3.05) is 13.2 Å². The zero-order valence-electron chi connectivity index (χ0n) is 14.0. The Bertz CT molecular complexity index is 919. The molecule has 2 aromatic heterocycles. The van der Waals surface area contributed by atoms with Gasteiger partial charge in [-0.15, -0.1) is 0 Å². The van der Waals surface area contributed by atoms with Crippen molar-refractivity contribution in [1.29, 1.82) is 0 Å². The van der Waals surface area contributed by atoms with E-state index in [1.165, 1.54) is 0 Å². The Morgan fingerprint density at radius 3 is 2.85 bits per heavy atom. The molecule has 0 fully saturated rings. The van der Waals surface area contributed by atoms with Gasteiger partial charge in [0.1, 0.15) is 19.0 Å². The number of primary amides is 1. The van der Waals surface area contributed by atoms with E-state index in [4.69, 9.17) is 15.2 Å². The number of aryl methyl sites for hydroxylation is 2. The molecular weight excluding hydrogens is 336 g/mol. The van der Waals surface area contributed by atoms with Crippen LogP contribution in [0.2, 0.25) is 0 Å². The van der Waals surface area contributed by atoms with Crippen LogP contribution in [0, 0.1) is 0 Å². The maximum atomic E-state index is 11.2. The molecule has 0 radical (unpaired) electrons. The van der Waals surface area contributed by atoms with Gasteiger partial charge in [0.2, 0.25) is 5.91 Å². The van der Waals surface area contributed by atoms with Gasteiger partial charge < -0.3 is 15.2 Å². The summed E-state index contributed by atoms with van der Waals surface area (Å²) >= 11 is 0.